The van der Waals surface area contributed by atoms with Crippen LogP contribution in [0.15, 0.2) is 48.6 Å². The fourth-order valence-electron chi connectivity index (χ4n) is 13.1. The summed E-state index contributed by atoms with van der Waals surface area (Å²) in [6, 6.07) is -0.823. The molecule has 1 saturated heterocycles. The molecule has 0 aromatic heterocycles. The molecule has 0 aromatic carbocycles. The van der Waals surface area contributed by atoms with E-state index < -0.39 is 49.5 Å². The van der Waals surface area contributed by atoms with E-state index in [2.05, 4.69) is 55.6 Å². The van der Waals surface area contributed by atoms with Gasteiger partial charge in [0, 0.05) is 6.42 Å². The maximum Gasteiger partial charge on any atom is 0.220 e. The molecular formula is C82H155NO8. The molecule has 7 atom stereocenters. The van der Waals surface area contributed by atoms with Gasteiger partial charge in [-0.2, -0.15) is 0 Å². The monoisotopic (exact) mass is 1280 g/mol. The third-order valence-corrected chi connectivity index (χ3v) is 19.4. The zero-order chi connectivity index (χ0) is 65.7. The molecule has 0 aliphatic carbocycles. The number of hydrogen-bond donors (Lipinski definition) is 6. The largest absolute Gasteiger partial charge is 0.394 e. The van der Waals surface area contributed by atoms with Crippen LogP contribution in [0.3, 0.4) is 0 Å². The average molecular weight is 1280 g/mol. The number of aliphatic hydroxyl groups is 5. The molecule has 9 nitrogen and oxygen atoms in total. The van der Waals surface area contributed by atoms with Crippen LogP contribution in [0.25, 0.3) is 0 Å². The predicted molar refractivity (Wildman–Crippen MR) is 392 cm³/mol. The SMILES string of the molecule is CCCCCCC/C=C\C/C=C\CCCCCCCCCCCCCCCCCCCCCCCCCCCC(=O)NC(COC1OC(CO)C(O)C(O)C1O)C(O)/C=C/CC/C=C/CCCCCCCCCCCCCCCCCCCCCCCCCCC. The Morgan fingerprint density at radius 3 is 0.989 bits per heavy atom. The lowest BCUT2D eigenvalue weighted by Crippen LogP contribution is -2.60. The Bertz CT molecular complexity index is 1580. The Hall–Kier alpha value is -1.85. The lowest BCUT2D eigenvalue weighted by molar-refractivity contribution is -0.302. The first-order chi connectivity index (χ1) is 44.8. The van der Waals surface area contributed by atoms with E-state index in [0.717, 1.165) is 44.9 Å². The van der Waals surface area contributed by atoms with Crippen molar-refractivity contribution in [3.8, 4) is 0 Å². The van der Waals surface area contributed by atoms with Crippen molar-refractivity contribution < 1.29 is 39.8 Å². The molecule has 0 bridgehead atoms. The molecule has 1 aliphatic heterocycles. The lowest BCUT2D eigenvalue weighted by atomic mass is 9.99. The topological polar surface area (TPSA) is 149 Å². The molecule has 0 radical (unpaired) electrons. The molecule has 6 N–H and O–H groups in total. The molecular weight excluding hydrogens is 1130 g/mol. The zero-order valence-corrected chi connectivity index (χ0v) is 60.4. The number of aliphatic hydroxyl groups excluding tert-OH is 5. The fraction of sp³-hybridized carbons (Fsp3) is 0.890. The van der Waals surface area contributed by atoms with E-state index in [0.29, 0.717) is 6.42 Å². The Labute approximate surface area is 564 Å². The summed E-state index contributed by atoms with van der Waals surface area (Å²) in [4.78, 5) is 13.2. The zero-order valence-electron chi connectivity index (χ0n) is 60.4. The van der Waals surface area contributed by atoms with Crippen LogP contribution >= 0.6 is 0 Å². The number of rotatable bonds is 72. The molecule has 536 valence electrons. The minimum atomic E-state index is -1.57. The van der Waals surface area contributed by atoms with E-state index >= 15 is 0 Å². The fourth-order valence-corrected chi connectivity index (χ4v) is 13.1. The van der Waals surface area contributed by atoms with Gasteiger partial charge in [0.1, 0.15) is 24.4 Å². The van der Waals surface area contributed by atoms with Crippen LogP contribution in [0, 0.1) is 0 Å². The third-order valence-electron chi connectivity index (χ3n) is 19.4. The van der Waals surface area contributed by atoms with Crippen LogP contribution in [-0.2, 0) is 14.3 Å². The van der Waals surface area contributed by atoms with Crippen molar-refractivity contribution in [1.29, 1.82) is 0 Å². The third kappa shape index (κ3) is 59.2. The Kier molecular flexibility index (Phi) is 67.9. The molecule has 91 heavy (non-hydrogen) atoms. The smallest absolute Gasteiger partial charge is 0.220 e. The molecule has 1 heterocycles. The van der Waals surface area contributed by atoms with Crippen molar-refractivity contribution in [2.75, 3.05) is 13.2 Å². The lowest BCUT2D eigenvalue weighted by Gasteiger charge is -2.40. The Morgan fingerprint density at radius 1 is 0.374 bits per heavy atom. The van der Waals surface area contributed by atoms with Gasteiger partial charge in [0.15, 0.2) is 6.29 Å². The van der Waals surface area contributed by atoms with Crippen molar-refractivity contribution in [3.63, 3.8) is 0 Å². The quantitative estimate of drug-likeness (QED) is 0.0261. The normalized spacial score (nSPS) is 17.9. The van der Waals surface area contributed by atoms with Gasteiger partial charge in [-0.15, -0.1) is 0 Å². The van der Waals surface area contributed by atoms with Crippen LogP contribution in [0.2, 0.25) is 0 Å². The number of carbonyl (C=O) groups is 1. The van der Waals surface area contributed by atoms with Gasteiger partial charge in [0.05, 0.1) is 25.4 Å². The second kappa shape index (κ2) is 70.9. The van der Waals surface area contributed by atoms with Crippen molar-refractivity contribution >= 4 is 5.91 Å². The number of amides is 1. The summed E-state index contributed by atoms with van der Waals surface area (Å²) >= 11 is 0. The van der Waals surface area contributed by atoms with Gasteiger partial charge in [-0.3, -0.25) is 4.79 Å². The van der Waals surface area contributed by atoms with Gasteiger partial charge < -0.3 is 40.3 Å². The highest BCUT2D eigenvalue weighted by Gasteiger charge is 2.44. The van der Waals surface area contributed by atoms with Crippen LogP contribution in [0.4, 0.5) is 0 Å². The van der Waals surface area contributed by atoms with Gasteiger partial charge in [0.25, 0.3) is 0 Å². The van der Waals surface area contributed by atoms with Gasteiger partial charge in [-0.25, -0.2) is 0 Å². The van der Waals surface area contributed by atoms with Crippen molar-refractivity contribution in [2.45, 2.75) is 455 Å². The highest BCUT2D eigenvalue weighted by molar-refractivity contribution is 5.76. The number of carbonyl (C=O) groups excluding carboxylic acids is 1. The molecule has 7 unspecified atom stereocenters. The predicted octanol–water partition coefficient (Wildman–Crippen LogP) is 23.1. The van der Waals surface area contributed by atoms with E-state index in [-0.39, 0.29) is 12.5 Å². The molecule has 1 rings (SSSR count). The van der Waals surface area contributed by atoms with Crippen molar-refractivity contribution in [1.82, 2.24) is 5.32 Å². The molecule has 1 fully saturated rings. The van der Waals surface area contributed by atoms with E-state index in [1.165, 1.54) is 347 Å². The summed E-state index contributed by atoms with van der Waals surface area (Å²) < 4.78 is 11.3. The summed E-state index contributed by atoms with van der Waals surface area (Å²) in [5.41, 5.74) is 0. The Balaban J connectivity index is 2.07. The minimum absolute atomic E-state index is 0.178. The van der Waals surface area contributed by atoms with Gasteiger partial charge in [-0.1, -0.05) is 390 Å². The average Bonchev–Trinajstić information content (AvgIpc) is 1.70. The summed E-state index contributed by atoms with van der Waals surface area (Å²) in [5.74, 6) is -0.178. The van der Waals surface area contributed by atoms with E-state index in [1.54, 1.807) is 6.08 Å². The second-order valence-corrected chi connectivity index (χ2v) is 28.2. The van der Waals surface area contributed by atoms with Crippen LogP contribution < -0.4 is 5.32 Å². The Morgan fingerprint density at radius 2 is 0.659 bits per heavy atom. The number of ether oxygens (including phenoxy) is 2. The molecule has 0 aromatic rings. The highest BCUT2D eigenvalue weighted by atomic mass is 16.7. The number of allylic oxidation sites excluding steroid dienone is 7. The number of hydrogen-bond acceptors (Lipinski definition) is 8. The molecule has 0 saturated carbocycles. The second-order valence-electron chi connectivity index (χ2n) is 28.2. The van der Waals surface area contributed by atoms with Crippen molar-refractivity contribution in [2.24, 2.45) is 0 Å². The van der Waals surface area contributed by atoms with Gasteiger partial charge in [0.2, 0.25) is 5.91 Å². The molecule has 0 spiro atoms. The van der Waals surface area contributed by atoms with E-state index in [1.807, 2.05) is 6.08 Å². The van der Waals surface area contributed by atoms with Gasteiger partial charge in [-0.05, 0) is 64.2 Å². The van der Waals surface area contributed by atoms with E-state index in [9.17, 15) is 30.3 Å². The molecule has 1 aliphatic rings. The highest BCUT2D eigenvalue weighted by Crippen LogP contribution is 2.24. The van der Waals surface area contributed by atoms with Crippen LogP contribution in [0.1, 0.15) is 412 Å². The van der Waals surface area contributed by atoms with Gasteiger partial charge >= 0.3 is 0 Å². The number of unbranched alkanes of at least 4 members (excludes halogenated alkanes) is 56. The first kappa shape index (κ1) is 87.2. The summed E-state index contributed by atoms with van der Waals surface area (Å²) in [6.07, 6.45) is 91.3. The standard InChI is InChI=1S/C82H155NO8/c1-3-5-7-9-11-13-15-17-19-21-23-25-27-29-31-33-35-36-37-38-39-40-42-44-46-48-50-52-54-56-58-60-62-64-66-68-70-72-78(86)83-75(74-90-82-81(89)80(88)79(87)77(73-84)91-82)76(85)71-69-67-65-63-61-59-57-55-53-51-49-47-45-43-41-34-32-30-28-26-24-22-20-18-16-14-12-10-8-6-4-2/h15,17,21,23,61,63,69,71,75-77,79-82,84-85,87-89H,3-14,16,18-20,22,24-60,62,64-68,70,72-74H2,1-2H3,(H,83,86)/b17-15-,23-21-,63-61+,71-69+. The van der Waals surface area contributed by atoms with Crippen molar-refractivity contribution in [3.05, 3.63) is 48.6 Å². The number of nitrogens with one attached hydrogen (secondary N) is 1. The maximum atomic E-state index is 13.2. The van der Waals surface area contributed by atoms with Crippen LogP contribution in [-0.4, -0.2) is 87.5 Å². The summed E-state index contributed by atoms with van der Waals surface area (Å²) in [5, 5.41) is 54.9. The first-order valence-corrected chi connectivity index (χ1v) is 40.4. The maximum absolute atomic E-state index is 13.2. The summed E-state index contributed by atoms with van der Waals surface area (Å²) in [6.45, 7) is 3.82. The first-order valence-electron chi connectivity index (χ1n) is 40.4. The molecule has 9 heteroatoms. The molecule has 1 amide bonds. The minimum Gasteiger partial charge on any atom is -0.394 e. The summed E-state index contributed by atoms with van der Waals surface area (Å²) in [7, 11) is 0. The van der Waals surface area contributed by atoms with Crippen LogP contribution in [0.5, 0.6) is 0 Å². The van der Waals surface area contributed by atoms with E-state index in [4.69, 9.17) is 9.47 Å².